The van der Waals surface area contributed by atoms with Gasteiger partial charge in [-0.05, 0) is 25.0 Å². The molecule has 0 aliphatic carbocycles. The molecule has 0 amide bonds. The van der Waals surface area contributed by atoms with Crippen LogP contribution in [-0.4, -0.2) is 41.2 Å². The lowest BCUT2D eigenvalue weighted by atomic mass is 10.1. The van der Waals surface area contributed by atoms with Gasteiger partial charge in [0.25, 0.3) is 5.56 Å². The van der Waals surface area contributed by atoms with Crippen LogP contribution in [-0.2, 0) is 10.0 Å². The minimum atomic E-state index is -3.50. The maximum absolute atomic E-state index is 12.5. The summed E-state index contributed by atoms with van der Waals surface area (Å²) >= 11 is 6.00. The van der Waals surface area contributed by atoms with Crippen molar-refractivity contribution in [2.45, 2.75) is 26.8 Å². The molecule has 0 bridgehead atoms. The molecule has 0 saturated heterocycles. The summed E-state index contributed by atoms with van der Waals surface area (Å²) in [7, 11) is -3.50. The van der Waals surface area contributed by atoms with Crippen molar-refractivity contribution in [3.05, 3.63) is 51.5 Å². The first-order valence-corrected chi connectivity index (χ1v) is 11.5. The van der Waals surface area contributed by atoms with Gasteiger partial charge in [-0.1, -0.05) is 25.4 Å². The second-order valence-corrected chi connectivity index (χ2v) is 9.78. The van der Waals surface area contributed by atoms with Crippen LogP contribution in [0.25, 0.3) is 11.0 Å². The van der Waals surface area contributed by atoms with E-state index in [0.29, 0.717) is 28.2 Å². The summed E-state index contributed by atoms with van der Waals surface area (Å²) in [6, 6.07) is 4.50. The summed E-state index contributed by atoms with van der Waals surface area (Å²) in [6.07, 6.45) is 4.08. The van der Waals surface area contributed by atoms with Crippen LogP contribution in [0.1, 0.15) is 32.4 Å². The number of hydrogen-bond acceptors (Lipinski definition) is 7. The normalized spacial score (nSPS) is 12.9. The highest BCUT2D eigenvalue weighted by molar-refractivity contribution is 7.92. The van der Waals surface area contributed by atoms with E-state index in [-0.39, 0.29) is 23.2 Å². The van der Waals surface area contributed by atoms with Gasteiger partial charge in [0.2, 0.25) is 16.0 Å². The molecular formula is C19H23ClN6O3S. The fraction of sp³-hybridized carbons (Fsp3) is 0.368. The lowest BCUT2D eigenvalue weighted by molar-refractivity contribution is 0.582. The molecule has 0 spiro atoms. The number of hydrogen-bond donors (Lipinski definition) is 2. The van der Waals surface area contributed by atoms with Crippen molar-refractivity contribution in [3.63, 3.8) is 0 Å². The quantitative estimate of drug-likeness (QED) is 0.567. The molecule has 0 aliphatic rings. The third-order valence-electron chi connectivity index (χ3n) is 4.33. The lowest BCUT2D eigenvalue weighted by Crippen LogP contribution is -2.34. The number of fused-ring (bicyclic) bond motifs is 1. The van der Waals surface area contributed by atoms with Gasteiger partial charge in [0.15, 0.2) is 0 Å². The van der Waals surface area contributed by atoms with E-state index in [1.165, 1.54) is 22.8 Å². The summed E-state index contributed by atoms with van der Waals surface area (Å²) in [4.78, 5) is 27.8. The van der Waals surface area contributed by atoms with Crippen LogP contribution in [0.2, 0.25) is 5.02 Å². The molecule has 2 N–H and O–H groups in total. The number of rotatable bonds is 7. The number of H-pyrrole nitrogens is 1. The molecule has 3 heterocycles. The highest BCUT2D eigenvalue weighted by atomic mass is 35.5. The number of anilines is 2. The van der Waals surface area contributed by atoms with Crippen molar-refractivity contribution in [3.8, 4) is 0 Å². The van der Waals surface area contributed by atoms with Gasteiger partial charge in [0.1, 0.15) is 11.5 Å². The van der Waals surface area contributed by atoms with Crippen molar-refractivity contribution in [2.75, 3.05) is 22.4 Å². The van der Waals surface area contributed by atoms with E-state index in [1.54, 1.807) is 19.1 Å². The second kappa shape index (κ2) is 8.57. The Morgan fingerprint density at radius 3 is 2.63 bits per heavy atom. The van der Waals surface area contributed by atoms with Crippen LogP contribution >= 0.6 is 11.6 Å². The Hall–Kier alpha value is -2.72. The molecule has 3 aromatic heterocycles. The monoisotopic (exact) mass is 450 g/mol. The molecule has 0 saturated carbocycles. The van der Waals surface area contributed by atoms with Crippen LogP contribution in [0.3, 0.4) is 0 Å². The number of halogens is 1. The van der Waals surface area contributed by atoms with Crippen molar-refractivity contribution >= 4 is 44.4 Å². The predicted octanol–water partition coefficient (Wildman–Crippen LogP) is 2.96. The Morgan fingerprint density at radius 1 is 1.23 bits per heavy atom. The van der Waals surface area contributed by atoms with Gasteiger partial charge < -0.3 is 10.3 Å². The summed E-state index contributed by atoms with van der Waals surface area (Å²) < 4.78 is 25.6. The molecule has 0 aromatic carbocycles. The van der Waals surface area contributed by atoms with Crippen LogP contribution in [0, 0.1) is 5.92 Å². The van der Waals surface area contributed by atoms with Crippen molar-refractivity contribution in [1.29, 1.82) is 0 Å². The van der Waals surface area contributed by atoms with E-state index in [0.717, 1.165) is 6.26 Å². The summed E-state index contributed by atoms with van der Waals surface area (Å²) in [5, 5.41) is 4.22. The SMILES string of the molecule is CC(C)CN(c1ccnc(N[C@@H](C)c2cc3cc(Cl)cnc3[nH]c2=O)n1)S(C)(=O)=O. The molecule has 3 rings (SSSR count). The molecule has 160 valence electrons. The number of aromatic amines is 1. The summed E-state index contributed by atoms with van der Waals surface area (Å²) in [5.74, 6) is 0.585. The average molecular weight is 451 g/mol. The van der Waals surface area contributed by atoms with E-state index < -0.39 is 16.1 Å². The Labute approximate surface area is 179 Å². The average Bonchev–Trinajstić information content (AvgIpc) is 2.65. The molecule has 9 nitrogen and oxygen atoms in total. The fourth-order valence-corrected chi connectivity index (χ4v) is 4.14. The Kier molecular flexibility index (Phi) is 6.27. The topological polar surface area (TPSA) is 121 Å². The Balaban J connectivity index is 1.91. The number of pyridine rings is 2. The van der Waals surface area contributed by atoms with E-state index >= 15 is 0 Å². The van der Waals surface area contributed by atoms with E-state index in [4.69, 9.17) is 11.6 Å². The third-order valence-corrected chi connectivity index (χ3v) is 5.67. The van der Waals surface area contributed by atoms with Crippen LogP contribution in [0.15, 0.2) is 35.4 Å². The van der Waals surface area contributed by atoms with Crippen molar-refractivity contribution in [2.24, 2.45) is 5.92 Å². The first kappa shape index (κ1) is 22.0. The number of sulfonamides is 1. The number of nitrogens with one attached hydrogen (secondary N) is 2. The maximum atomic E-state index is 12.5. The predicted molar refractivity (Wildman–Crippen MR) is 118 cm³/mol. The largest absolute Gasteiger partial charge is 0.347 e. The van der Waals surface area contributed by atoms with Crippen LogP contribution in [0.5, 0.6) is 0 Å². The molecular weight excluding hydrogens is 428 g/mol. The molecule has 3 aromatic rings. The van der Waals surface area contributed by atoms with Gasteiger partial charge in [-0.25, -0.2) is 18.4 Å². The molecule has 0 fully saturated rings. The summed E-state index contributed by atoms with van der Waals surface area (Å²) in [6.45, 7) is 5.93. The van der Waals surface area contributed by atoms with Gasteiger partial charge in [-0.15, -0.1) is 0 Å². The van der Waals surface area contributed by atoms with Gasteiger partial charge in [0.05, 0.1) is 17.3 Å². The standard InChI is InChI=1S/C19H23ClN6O3S/c1-11(2)10-26(30(4,28)29)16-5-6-21-19(24-16)23-12(3)15-8-13-7-14(20)9-22-17(13)25-18(15)27/h5-9,11-12H,10H2,1-4H3,(H,21,23,24)(H,22,25,27)/t12-/m0/s1. The van der Waals surface area contributed by atoms with Crippen LogP contribution < -0.4 is 15.2 Å². The molecule has 11 heteroatoms. The first-order valence-electron chi connectivity index (χ1n) is 9.30. The Morgan fingerprint density at radius 2 is 1.97 bits per heavy atom. The highest BCUT2D eigenvalue weighted by Crippen LogP contribution is 2.22. The highest BCUT2D eigenvalue weighted by Gasteiger charge is 2.21. The molecule has 1 atom stereocenters. The minimum Gasteiger partial charge on any atom is -0.347 e. The van der Waals surface area contributed by atoms with E-state index in [2.05, 4.69) is 25.3 Å². The zero-order valence-electron chi connectivity index (χ0n) is 17.0. The second-order valence-electron chi connectivity index (χ2n) is 7.44. The Bertz CT molecular complexity index is 1230. The smallest absolute Gasteiger partial charge is 0.254 e. The van der Waals surface area contributed by atoms with E-state index in [1.807, 2.05) is 13.8 Å². The minimum absolute atomic E-state index is 0.113. The van der Waals surface area contributed by atoms with Crippen LogP contribution in [0.4, 0.5) is 11.8 Å². The molecule has 0 aliphatic heterocycles. The van der Waals surface area contributed by atoms with Gasteiger partial charge in [-0.3, -0.25) is 9.10 Å². The number of nitrogens with zero attached hydrogens (tertiary/aromatic N) is 4. The zero-order chi connectivity index (χ0) is 22.1. The molecule has 0 unspecified atom stereocenters. The zero-order valence-corrected chi connectivity index (χ0v) is 18.6. The lowest BCUT2D eigenvalue weighted by Gasteiger charge is -2.23. The van der Waals surface area contributed by atoms with E-state index in [9.17, 15) is 13.2 Å². The van der Waals surface area contributed by atoms with Gasteiger partial charge in [-0.2, -0.15) is 4.98 Å². The maximum Gasteiger partial charge on any atom is 0.254 e. The van der Waals surface area contributed by atoms with Gasteiger partial charge >= 0.3 is 0 Å². The summed E-state index contributed by atoms with van der Waals surface area (Å²) in [5.41, 5.74) is 0.588. The van der Waals surface area contributed by atoms with Gasteiger partial charge in [0, 0.05) is 36.0 Å². The molecule has 30 heavy (non-hydrogen) atoms. The first-order chi connectivity index (χ1) is 14.0. The molecule has 0 radical (unpaired) electrons. The van der Waals surface area contributed by atoms with Crippen molar-refractivity contribution < 1.29 is 8.42 Å². The third kappa shape index (κ3) is 5.06. The van der Waals surface area contributed by atoms with Crippen molar-refractivity contribution in [1.82, 2.24) is 19.9 Å². The number of aromatic nitrogens is 4. The fourth-order valence-electron chi connectivity index (χ4n) is 2.96.